The largest absolute Gasteiger partial charge is 0.341 e. The molecule has 9 heteroatoms. The second-order valence-corrected chi connectivity index (χ2v) is 8.55. The SMILES string of the molecule is CNC(=O)NC(=O)[C@H]1N(C(=O)[C@H](CC2CCCC2)CN(O)C=O)CCC1(C)C. The fourth-order valence-corrected chi connectivity index (χ4v) is 4.48. The summed E-state index contributed by atoms with van der Waals surface area (Å²) in [5.74, 6) is -0.980. The van der Waals surface area contributed by atoms with Gasteiger partial charge in [0.25, 0.3) is 5.91 Å². The number of likely N-dealkylation sites (tertiary alicyclic amines) is 1. The summed E-state index contributed by atoms with van der Waals surface area (Å²) in [6.07, 6.45) is 5.79. The van der Waals surface area contributed by atoms with E-state index in [1.54, 1.807) is 0 Å². The van der Waals surface area contributed by atoms with E-state index in [4.69, 9.17) is 0 Å². The van der Waals surface area contributed by atoms with Crippen molar-refractivity contribution < 1.29 is 24.4 Å². The molecule has 1 aliphatic heterocycles. The topological polar surface area (TPSA) is 119 Å². The zero-order valence-corrected chi connectivity index (χ0v) is 16.9. The predicted octanol–water partition coefficient (Wildman–Crippen LogP) is 1.11. The lowest BCUT2D eigenvalue weighted by Crippen LogP contribution is -2.55. The van der Waals surface area contributed by atoms with Gasteiger partial charge in [-0.05, 0) is 24.2 Å². The molecular formula is C19H32N4O5. The van der Waals surface area contributed by atoms with Crippen LogP contribution in [0.2, 0.25) is 0 Å². The average Bonchev–Trinajstić information content (AvgIpc) is 3.27. The van der Waals surface area contributed by atoms with Crippen molar-refractivity contribution in [2.24, 2.45) is 17.3 Å². The van der Waals surface area contributed by atoms with Crippen molar-refractivity contribution in [3.8, 4) is 0 Å². The molecule has 5 amide bonds. The number of hydrogen-bond donors (Lipinski definition) is 3. The van der Waals surface area contributed by atoms with Gasteiger partial charge in [-0.1, -0.05) is 39.5 Å². The van der Waals surface area contributed by atoms with Crippen molar-refractivity contribution in [3.63, 3.8) is 0 Å². The highest BCUT2D eigenvalue weighted by Gasteiger charge is 2.48. The molecule has 0 bridgehead atoms. The van der Waals surface area contributed by atoms with Crippen LogP contribution in [-0.2, 0) is 14.4 Å². The molecule has 1 saturated heterocycles. The summed E-state index contributed by atoms with van der Waals surface area (Å²) in [5.41, 5.74) is -0.491. The summed E-state index contributed by atoms with van der Waals surface area (Å²) < 4.78 is 0. The van der Waals surface area contributed by atoms with Crippen LogP contribution in [-0.4, -0.2) is 65.6 Å². The van der Waals surface area contributed by atoms with Crippen LogP contribution in [0.4, 0.5) is 4.79 Å². The molecule has 2 aliphatic rings. The smallest absolute Gasteiger partial charge is 0.321 e. The van der Waals surface area contributed by atoms with Crippen LogP contribution in [0.25, 0.3) is 0 Å². The lowest BCUT2D eigenvalue weighted by molar-refractivity contribution is -0.158. The third kappa shape index (κ3) is 5.21. The van der Waals surface area contributed by atoms with Gasteiger partial charge in [-0.3, -0.25) is 24.9 Å². The van der Waals surface area contributed by atoms with E-state index in [1.807, 2.05) is 13.8 Å². The van der Waals surface area contributed by atoms with Gasteiger partial charge < -0.3 is 10.2 Å². The number of carbonyl (C=O) groups excluding carboxylic acids is 4. The van der Waals surface area contributed by atoms with Crippen LogP contribution in [0.15, 0.2) is 0 Å². The number of rotatable bonds is 7. The Morgan fingerprint density at radius 3 is 2.50 bits per heavy atom. The lowest BCUT2D eigenvalue weighted by atomic mass is 9.83. The van der Waals surface area contributed by atoms with Gasteiger partial charge in [0, 0.05) is 13.6 Å². The standard InChI is InChI=1S/C19H32N4O5/c1-19(2)8-9-23(15(19)16(25)21-18(27)20-3)17(26)14(11-22(28)12-24)10-13-6-4-5-7-13/h12-15,28H,4-11H2,1-3H3,(H2,20,21,25,27)/t14-,15-/m1/s1. The van der Waals surface area contributed by atoms with E-state index in [1.165, 1.54) is 11.9 Å². The predicted molar refractivity (Wildman–Crippen MR) is 101 cm³/mol. The van der Waals surface area contributed by atoms with E-state index in [2.05, 4.69) is 10.6 Å². The lowest BCUT2D eigenvalue weighted by Gasteiger charge is -2.34. The van der Waals surface area contributed by atoms with Gasteiger partial charge in [-0.2, -0.15) is 0 Å². The highest BCUT2D eigenvalue weighted by molar-refractivity contribution is 5.99. The highest BCUT2D eigenvalue weighted by atomic mass is 16.5. The molecule has 2 atom stereocenters. The molecular weight excluding hydrogens is 364 g/mol. The van der Waals surface area contributed by atoms with Gasteiger partial charge in [0.2, 0.25) is 12.3 Å². The molecule has 0 aromatic rings. The highest BCUT2D eigenvalue weighted by Crippen LogP contribution is 2.38. The van der Waals surface area contributed by atoms with Crippen LogP contribution in [0.1, 0.15) is 52.4 Å². The molecule has 2 rings (SSSR count). The number of hydroxylamine groups is 2. The Hall–Kier alpha value is -2.16. The molecule has 0 aromatic heterocycles. The van der Waals surface area contributed by atoms with Crippen molar-refractivity contribution in [1.82, 2.24) is 20.6 Å². The molecule has 9 nitrogen and oxygen atoms in total. The number of hydrogen-bond acceptors (Lipinski definition) is 5. The molecule has 3 N–H and O–H groups in total. The third-order valence-corrected chi connectivity index (χ3v) is 6.02. The summed E-state index contributed by atoms with van der Waals surface area (Å²) in [6, 6.07) is -1.41. The Balaban J connectivity index is 2.20. The molecule has 1 heterocycles. The molecule has 28 heavy (non-hydrogen) atoms. The summed E-state index contributed by atoms with van der Waals surface area (Å²) in [5, 5.41) is 14.8. The molecule has 0 unspecified atom stereocenters. The summed E-state index contributed by atoms with van der Waals surface area (Å²) in [6.45, 7) is 4.08. The van der Waals surface area contributed by atoms with Crippen LogP contribution < -0.4 is 10.6 Å². The Morgan fingerprint density at radius 2 is 1.93 bits per heavy atom. The first-order valence-corrected chi connectivity index (χ1v) is 9.93. The van der Waals surface area contributed by atoms with Gasteiger partial charge in [0.05, 0.1) is 12.5 Å². The maximum Gasteiger partial charge on any atom is 0.321 e. The Labute approximate surface area is 165 Å². The number of imide groups is 1. The van der Waals surface area contributed by atoms with Crippen molar-refractivity contribution in [1.29, 1.82) is 0 Å². The number of amides is 5. The maximum atomic E-state index is 13.3. The minimum absolute atomic E-state index is 0.0977. The van der Waals surface area contributed by atoms with E-state index in [0.29, 0.717) is 36.8 Å². The molecule has 1 saturated carbocycles. The second-order valence-electron chi connectivity index (χ2n) is 8.55. The third-order valence-electron chi connectivity index (χ3n) is 6.02. The first-order chi connectivity index (χ1) is 13.2. The molecule has 158 valence electrons. The number of nitrogens with one attached hydrogen (secondary N) is 2. The van der Waals surface area contributed by atoms with E-state index in [9.17, 15) is 24.4 Å². The molecule has 0 radical (unpaired) electrons. The summed E-state index contributed by atoms with van der Waals surface area (Å²) >= 11 is 0. The molecule has 0 aromatic carbocycles. The Bertz CT molecular complexity index is 603. The minimum atomic E-state index is -0.785. The molecule has 2 fully saturated rings. The monoisotopic (exact) mass is 396 g/mol. The molecule has 1 aliphatic carbocycles. The van der Waals surface area contributed by atoms with E-state index in [-0.39, 0.29) is 12.5 Å². The van der Waals surface area contributed by atoms with Crippen LogP contribution in [0, 0.1) is 17.3 Å². The zero-order chi connectivity index (χ0) is 20.9. The number of urea groups is 1. The van der Waals surface area contributed by atoms with Gasteiger partial charge >= 0.3 is 6.03 Å². The second kappa shape index (κ2) is 9.36. The summed E-state index contributed by atoms with van der Waals surface area (Å²) in [7, 11) is 1.41. The fraction of sp³-hybridized carbons (Fsp3) is 0.789. The maximum absolute atomic E-state index is 13.3. The number of nitrogens with zero attached hydrogens (tertiary/aromatic N) is 2. The summed E-state index contributed by atoms with van der Waals surface area (Å²) in [4.78, 5) is 50.0. The minimum Gasteiger partial charge on any atom is -0.341 e. The first kappa shape index (κ1) is 22.1. The van der Waals surface area contributed by atoms with Gasteiger partial charge in [-0.15, -0.1) is 0 Å². The normalized spacial score (nSPS) is 22.6. The average molecular weight is 396 g/mol. The zero-order valence-electron chi connectivity index (χ0n) is 16.9. The van der Waals surface area contributed by atoms with Gasteiger partial charge in [0.1, 0.15) is 6.04 Å². The van der Waals surface area contributed by atoms with E-state index < -0.39 is 29.3 Å². The van der Waals surface area contributed by atoms with Gasteiger partial charge in [-0.25, -0.2) is 9.86 Å². The van der Waals surface area contributed by atoms with E-state index >= 15 is 0 Å². The Kier molecular flexibility index (Phi) is 7.40. The Morgan fingerprint density at radius 1 is 1.29 bits per heavy atom. The van der Waals surface area contributed by atoms with Crippen molar-refractivity contribution in [2.75, 3.05) is 20.1 Å². The van der Waals surface area contributed by atoms with E-state index in [0.717, 1.165) is 25.7 Å². The molecule has 0 spiro atoms. The van der Waals surface area contributed by atoms with Crippen LogP contribution >= 0.6 is 0 Å². The quantitative estimate of drug-likeness (QED) is 0.338. The van der Waals surface area contributed by atoms with Crippen LogP contribution in [0.5, 0.6) is 0 Å². The van der Waals surface area contributed by atoms with Gasteiger partial charge in [0.15, 0.2) is 0 Å². The van der Waals surface area contributed by atoms with Crippen molar-refractivity contribution in [2.45, 2.75) is 58.4 Å². The first-order valence-electron chi connectivity index (χ1n) is 9.93. The van der Waals surface area contributed by atoms with Crippen molar-refractivity contribution >= 4 is 24.3 Å². The fourth-order valence-electron chi connectivity index (χ4n) is 4.48. The number of carbonyl (C=O) groups is 4. The van der Waals surface area contributed by atoms with Crippen molar-refractivity contribution in [3.05, 3.63) is 0 Å². The van der Waals surface area contributed by atoms with Crippen LogP contribution in [0.3, 0.4) is 0 Å².